The second kappa shape index (κ2) is 6.10. The van der Waals surface area contributed by atoms with Crippen LogP contribution in [0.1, 0.15) is 35.6 Å². The van der Waals surface area contributed by atoms with Gasteiger partial charge in [-0.3, -0.25) is 4.79 Å². The Morgan fingerprint density at radius 1 is 1.50 bits per heavy atom. The first-order valence-corrected chi connectivity index (χ1v) is 5.44. The second-order valence-electron chi connectivity index (χ2n) is 3.72. The molecule has 0 aliphatic heterocycles. The largest absolute Gasteiger partial charge is 0.469 e. The topological polar surface area (TPSA) is 50.1 Å². The molecule has 96 valence electrons. The summed E-state index contributed by atoms with van der Waals surface area (Å²) in [6.07, 6.45) is -2.45. The van der Waals surface area contributed by atoms with E-state index in [0.29, 0.717) is 12.0 Å². The van der Waals surface area contributed by atoms with Crippen LogP contribution in [0.15, 0.2) is 12.1 Å². The van der Waals surface area contributed by atoms with Gasteiger partial charge in [0.15, 0.2) is 0 Å². The monoisotopic (exact) mass is 253 g/mol. The van der Waals surface area contributed by atoms with Crippen LogP contribution in [-0.2, 0) is 22.4 Å². The first-order valence-electron chi connectivity index (χ1n) is 5.44. The maximum absolute atomic E-state index is 13.0. The van der Waals surface area contributed by atoms with E-state index in [1.54, 1.807) is 6.92 Å². The van der Waals surface area contributed by atoms with E-state index in [1.165, 1.54) is 13.2 Å². The molecule has 1 rings (SSSR count). The molecule has 0 saturated heterocycles. The number of rotatable bonds is 4. The number of hydrogen-bond acceptors (Lipinski definition) is 3. The lowest BCUT2D eigenvalue weighted by molar-refractivity contribution is -0.139. The van der Waals surface area contributed by atoms with Gasteiger partial charge in [0.05, 0.1) is 25.2 Å². The highest BCUT2D eigenvalue weighted by Crippen LogP contribution is 2.28. The second-order valence-corrected chi connectivity index (χ2v) is 3.72. The molecule has 0 aliphatic carbocycles. The summed E-state index contributed by atoms with van der Waals surface area (Å²) in [5, 5.41) is 8.80. The van der Waals surface area contributed by atoms with Gasteiger partial charge in [-0.15, -0.1) is 0 Å². The van der Waals surface area contributed by atoms with E-state index in [1.807, 2.05) is 6.07 Å². The predicted molar refractivity (Wildman–Crippen MR) is 61.2 cm³/mol. The van der Waals surface area contributed by atoms with Crippen molar-refractivity contribution in [3.05, 3.63) is 34.4 Å². The molecule has 0 aromatic heterocycles. The highest BCUT2D eigenvalue weighted by atomic mass is 19.3. The van der Waals surface area contributed by atoms with Crippen LogP contribution in [0.25, 0.3) is 0 Å². The Labute approximate surface area is 104 Å². The van der Waals surface area contributed by atoms with E-state index >= 15 is 0 Å². The molecule has 3 nitrogen and oxygen atoms in total. The van der Waals surface area contributed by atoms with Gasteiger partial charge in [-0.1, -0.05) is 6.92 Å². The Morgan fingerprint density at radius 3 is 2.61 bits per heavy atom. The van der Waals surface area contributed by atoms with Gasteiger partial charge >= 0.3 is 5.97 Å². The number of carbonyl (C=O) groups is 1. The molecule has 0 N–H and O–H groups in total. The molecule has 0 unspecified atom stereocenters. The quantitative estimate of drug-likeness (QED) is 0.775. The lowest BCUT2D eigenvalue weighted by Crippen LogP contribution is -2.10. The minimum Gasteiger partial charge on any atom is -0.469 e. The molecule has 0 bridgehead atoms. The first kappa shape index (κ1) is 14.1. The Hall–Kier alpha value is -1.96. The molecular weight excluding hydrogens is 240 g/mol. The average molecular weight is 253 g/mol. The lowest BCUT2D eigenvalue weighted by atomic mass is 9.94. The van der Waals surface area contributed by atoms with Crippen molar-refractivity contribution in [2.45, 2.75) is 26.2 Å². The predicted octanol–water partition coefficient (Wildman–Crippen LogP) is 2.77. The smallest absolute Gasteiger partial charge is 0.310 e. The van der Waals surface area contributed by atoms with Crippen LogP contribution in [0, 0.1) is 11.3 Å². The Bertz CT molecular complexity index is 492. The van der Waals surface area contributed by atoms with Crippen molar-refractivity contribution >= 4 is 5.97 Å². The summed E-state index contributed by atoms with van der Waals surface area (Å²) in [5.74, 6) is -0.573. The molecule has 0 fully saturated rings. The van der Waals surface area contributed by atoms with Gasteiger partial charge < -0.3 is 4.74 Å². The molecule has 0 heterocycles. The standard InChI is InChI=1S/C13H13F2NO2/c1-3-9-4-8(7-16)5-11(13(14)15)10(9)6-12(17)18-2/h4-5,13H,3,6H2,1-2H3. The van der Waals surface area contributed by atoms with E-state index in [-0.39, 0.29) is 23.1 Å². The number of esters is 1. The highest BCUT2D eigenvalue weighted by molar-refractivity contribution is 5.73. The molecule has 0 amide bonds. The van der Waals surface area contributed by atoms with E-state index in [2.05, 4.69) is 4.74 Å². The molecule has 0 saturated carbocycles. The van der Waals surface area contributed by atoms with Crippen molar-refractivity contribution in [1.82, 2.24) is 0 Å². The van der Waals surface area contributed by atoms with E-state index < -0.39 is 12.4 Å². The van der Waals surface area contributed by atoms with E-state index in [0.717, 1.165) is 6.07 Å². The van der Waals surface area contributed by atoms with Crippen LogP contribution in [-0.4, -0.2) is 13.1 Å². The minimum atomic E-state index is -2.72. The zero-order chi connectivity index (χ0) is 13.7. The first-order chi connectivity index (χ1) is 8.53. The summed E-state index contributed by atoms with van der Waals surface area (Å²) in [5.41, 5.74) is 0.750. The maximum atomic E-state index is 13.0. The van der Waals surface area contributed by atoms with E-state index in [4.69, 9.17) is 5.26 Å². The fraction of sp³-hybridized carbons (Fsp3) is 0.385. The number of ether oxygens (including phenoxy) is 1. The molecule has 0 radical (unpaired) electrons. The Kier molecular flexibility index (Phi) is 4.78. The SMILES string of the molecule is CCc1cc(C#N)cc(C(F)F)c1CC(=O)OC. The molecular formula is C13H13F2NO2. The van der Waals surface area contributed by atoms with Crippen LogP contribution in [0.5, 0.6) is 0 Å². The van der Waals surface area contributed by atoms with E-state index in [9.17, 15) is 13.6 Å². The molecule has 0 aliphatic rings. The van der Waals surface area contributed by atoms with Crippen molar-refractivity contribution in [3.8, 4) is 6.07 Å². The van der Waals surface area contributed by atoms with Gasteiger partial charge in [0, 0.05) is 5.56 Å². The van der Waals surface area contributed by atoms with Gasteiger partial charge in [-0.25, -0.2) is 8.78 Å². The van der Waals surface area contributed by atoms with Gasteiger partial charge in [0.25, 0.3) is 6.43 Å². The Morgan fingerprint density at radius 2 is 2.17 bits per heavy atom. The number of nitrogens with zero attached hydrogens (tertiary/aromatic N) is 1. The number of alkyl halides is 2. The van der Waals surface area contributed by atoms with Crippen molar-refractivity contribution < 1.29 is 18.3 Å². The van der Waals surface area contributed by atoms with Gasteiger partial charge in [-0.2, -0.15) is 5.26 Å². The number of halogens is 2. The number of carbonyl (C=O) groups excluding carboxylic acids is 1. The Balaban J connectivity index is 3.35. The third-order valence-electron chi connectivity index (χ3n) is 2.67. The summed E-state index contributed by atoms with van der Waals surface area (Å²) < 4.78 is 30.4. The minimum absolute atomic E-state index is 0.177. The number of nitriles is 1. The summed E-state index contributed by atoms with van der Waals surface area (Å²) in [6.45, 7) is 1.78. The van der Waals surface area contributed by atoms with Crippen LogP contribution in [0.3, 0.4) is 0 Å². The van der Waals surface area contributed by atoms with Crippen molar-refractivity contribution in [2.75, 3.05) is 7.11 Å². The average Bonchev–Trinajstić information content (AvgIpc) is 2.38. The number of hydrogen-bond donors (Lipinski definition) is 0. The number of benzene rings is 1. The summed E-state index contributed by atoms with van der Waals surface area (Å²) in [7, 11) is 1.21. The molecule has 0 atom stereocenters. The molecule has 0 spiro atoms. The number of aryl methyl sites for hydroxylation is 1. The van der Waals surface area contributed by atoms with Crippen molar-refractivity contribution in [3.63, 3.8) is 0 Å². The third-order valence-corrected chi connectivity index (χ3v) is 2.67. The van der Waals surface area contributed by atoms with Gasteiger partial charge in [-0.05, 0) is 29.7 Å². The summed E-state index contributed by atoms with van der Waals surface area (Å²) in [4.78, 5) is 11.2. The molecule has 1 aromatic carbocycles. The maximum Gasteiger partial charge on any atom is 0.310 e. The van der Waals surface area contributed by atoms with Crippen molar-refractivity contribution in [1.29, 1.82) is 5.26 Å². The molecule has 5 heteroatoms. The zero-order valence-electron chi connectivity index (χ0n) is 10.2. The summed E-state index contributed by atoms with van der Waals surface area (Å²) in [6, 6.07) is 4.50. The van der Waals surface area contributed by atoms with Gasteiger partial charge in [0.2, 0.25) is 0 Å². The van der Waals surface area contributed by atoms with Crippen LogP contribution in [0.4, 0.5) is 8.78 Å². The van der Waals surface area contributed by atoms with Crippen LogP contribution >= 0.6 is 0 Å². The zero-order valence-corrected chi connectivity index (χ0v) is 10.2. The molecule has 1 aromatic rings. The lowest BCUT2D eigenvalue weighted by Gasteiger charge is -2.13. The third kappa shape index (κ3) is 3.04. The normalized spacial score (nSPS) is 10.2. The number of methoxy groups -OCH3 is 1. The fourth-order valence-electron chi connectivity index (χ4n) is 1.76. The van der Waals surface area contributed by atoms with Gasteiger partial charge in [0.1, 0.15) is 0 Å². The highest BCUT2D eigenvalue weighted by Gasteiger charge is 2.19. The van der Waals surface area contributed by atoms with Crippen LogP contribution in [0.2, 0.25) is 0 Å². The fourth-order valence-corrected chi connectivity index (χ4v) is 1.76. The molecule has 18 heavy (non-hydrogen) atoms. The van der Waals surface area contributed by atoms with Crippen LogP contribution < -0.4 is 0 Å². The summed E-state index contributed by atoms with van der Waals surface area (Å²) >= 11 is 0. The van der Waals surface area contributed by atoms with Crippen molar-refractivity contribution in [2.24, 2.45) is 0 Å².